The molecule has 2 fully saturated rings. The minimum absolute atomic E-state index is 0.206. The highest BCUT2D eigenvalue weighted by atomic mass is 16.2. The molecule has 0 unspecified atom stereocenters. The molecule has 1 spiro atoms. The minimum atomic E-state index is -0.206. The fraction of sp³-hybridized carbons (Fsp3) is 0.944. The molecular weight excluding hydrogens is 260 g/mol. The van der Waals surface area contributed by atoms with Crippen molar-refractivity contribution in [2.45, 2.75) is 66.8 Å². The summed E-state index contributed by atoms with van der Waals surface area (Å²) in [5, 5.41) is 0. The molecule has 2 rings (SSSR count). The van der Waals surface area contributed by atoms with Crippen molar-refractivity contribution >= 4 is 5.91 Å². The average Bonchev–Trinajstić information content (AvgIpc) is 2.33. The van der Waals surface area contributed by atoms with E-state index in [9.17, 15) is 4.79 Å². The van der Waals surface area contributed by atoms with E-state index in [4.69, 9.17) is 0 Å². The quantitative estimate of drug-likeness (QED) is 0.793. The van der Waals surface area contributed by atoms with Gasteiger partial charge in [0.2, 0.25) is 5.91 Å². The van der Waals surface area contributed by atoms with E-state index in [0.717, 1.165) is 19.5 Å². The first-order chi connectivity index (χ1) is 9.65. The van der Waals surface area contributed by atoms with E-state index in [-0.39, 0.29) is 5.41 Å². The van der Waals surface area contributed by atoms with Crippen molar-refractivity contribution in [3.63, 3.8) is 0 Å². The van der Waals surface area contributed by atoms with Crippen LogP contribution in [0.4, 0.5) is 0 Å². The summed E-state index contributed by atoms with van der Waals surface area (Å²) in [7, 11) is 0. The lowest BCUT2D eigenvalue weighted by Gasteiger charge is -2.56. The summed E-state index contributed by atoms with van der Waals surface area (Å²) in [6.07, 6.45) is 3.37. The van der Waals surface area contributed by atoms with Gasteiger partial charge in [-0.05, 0) is 44.4 Å². The van der Waals surface area contributed by atoms with E-state index in [2.05, 4.69) is 51.3 Å². The zero-order valence-corrected chi connectivity index (χ0v) is 14.9. The number of hydrogen-bond donors (Lipinski definition) is 0. The fourth-order valence-corrected chi connectivity index (χ4v) is 4.22. The van der Waals surface area contributed by atoms with Crippen LogP contribution in [-0.2, 0) is 4.79 Å². The number of carbonyl (C=O) groups excluding carboxylic acids is 1. The maximum atomic E-state index is 12.8. The maximum absolute atomic E-state index is 12.8. The zero-order chi connectivity index (χ0) is 15.8. The maximum Gasteiger partial charge on any atom is 0.228 e. The van der Waals surface area contributed by atoms with Gasteiger partial charge < -0.3 is 4.90 Å². The van der Waals surface area contributed by atoms with Gasteiger partial charge in [-0.15, -0.1) is 0 Å². The predicted octanol–water partition coefficient (Wildman–Crippen LogP) is 3.39. The van der Waals surface area contributed by atoms with Gasteiger partial charge in [-0.2, -0.15) is 0 Å². The highest BCUT2D eigenvalue weighted by Crippen LogP contribution is 2.42. The summed E-state index contributed by atoms with van der Waals surface area (Å²) in [6, 6.07) is 0.667. The zero-order valence-electron chi connectivity index (χ0n) is 14.9. The lowest BCUT2D eigenvalue weighted by Crippen LogP contribution is -2.62. The summed E-state index contributed by atoms with van der Waals surface area (Å²) >= 11 is 0. The summed E-state index contributed by atoms with van der Waals surface area (Å²) in [5.41, 5.74) is 0.311. The molecule has 0 aliphatic carbocycles. The Morgan fingerprint density at radius 3 is 2.05 bits per heavy atom. The molecule has 2 heterocycles. The summed E-state index contributed by atoms with van der Waals surface area (Å²) in [6.45, 7) is 17.6. The van der Waals surface area contributed by atoms with Crippen LogP contribution in [0.25, 0.3) is 0 Å². The normalized spacial score (nSPS) is 23.0. The number of rotatable bonds is 4. The Kier molecular flexibility index (Phi) is 4.72. The molecule has 0 atom stereocenters. The van der Waals surface area contributed by atoms with Gasteiger partial charge in [-0.3, -0.25) is 9.69 Å². The second kappa shape index (κ2) is 5.91. The van der Waals surface area contributed by atoms with Crippen molar-refractivity contribution in [3.05, 3.63) is 0 Å². The Balaban J connectivity index is 1.86. The Bertz CT molecular complexity index is 371. The Labute approximate surface area is 131 Å². The number of carbonyl (C=O) groups is 1. The van der Waals surface area contributed by atoms with Gasteiger partial charge in [-0.25, -0.2) is 0 Å². The predicted molar refractivity (Wildman–Crippen MR) is 88.2 cm³/mol. The monoisotopic (exact) mass is 294 g/mol. The molecule has 0 aromatic rings. The van der Waals surface area contributed by atoms with Crippen LogP contribution < -0.4 is 0 Å². The molecule has 2 aliphatic rings. The summed E-state index contributed by atoms with van der Waals surface area (Å²) in [5.74, 6) is 0.942. The molecule has 2 saturated heterocycles. The number of hydrogen-bond acceptors (Lipinski definition) is 2. The van der Waals surface area contributed by atoms with Crippen LogP contribution in [0.2, 0.25) is 0 Å². The van der Waals surface area contributed by atoms with Gasteiger partial charge in [0.25, 0.3) is 0 Å². The second-order valence-corrected chi connectivity index (χ2v) is 8.77. The fourth-order valence-electron chi connectivity index (χ4n) is 4.22. The van der Waals surface area contributed by atoms with Crippen molar-refractivity contribution in [2.75, 3.05) is 26.2 Å². The molecule has 0 aromatic carbocycles. The van der Waals surface area contributed by atoms with Gasteiger partial charge in [0.1, 0.15) is 0 Å². The van der Waals surface area contributed by atoms with E-state index < -0.39 is 0 Å². The molecule has 0 radical (unpaired) electrons. The van der Waals surface area contributed by atoms with E-state index >= 15 is 0 Å². The number of piperidine rings is 1. The second-order valence-electron chi connectivity index (χ2n) is 8.77. The summed E-state index contributed by atoms with van der Waals surface area (Å²) < 4.78 is 0. The van der Waals surface area contributed by atoms with Crippen LogP contribution >= 0.6 is 0 Å². The summed E-state index contributed by atoms with van der Waals surface area (Å²) in [4.78, 5) is 17.4. The lowest BCUT2D eigenvalue weighted by atomic mass is 9.71. The van der Waals surface area contributed by atoms with Crippen LogP contribution in [0.5, 0.6) is 0 Å². The highest BCUT2D eigenvalue weighted by molar-refractivity contribution is 5.82. The van der Waals surface area contributed by atoms with Crippen molar-refractivity contribution in [1.29, 1.82) is 0 Å². The largest absolute Gasteiger partial charge is 0.342 e. The molecule has 122 valence electrons. The molecule has 3 heteroatoms. The van der Waals surface area contributed by atoms with Crippen LogP contribution in [0, 0.1) is 16.7 Å². The standard InChI is InChI=1S/C18H34N2O/c1-14(2)11-17(5,6)16(21)19-9-7-18(8-10-19)12-20(13-18)15(3)4/h14-15H,7-13H2,1-6H3. The van der Waals surface area contributed by atoms with Gasteiger partial charge in [0, 0.05) is 37.6 Å². The van der Waals surface area contributed by atoms with E-state index in [1.54, 1.807) is 0 Å². The SMILES string of the molecule is CC(C)CC(C)(C)C(=O)N1CCC2(CC1)CN(C(C)C)C2. The lowest BCUT2D eigenvalue weighted by molar-refractivity contribution is -0.146. The number of amides is 1. The first kappa shape index (κ1) is 16.8. The van der Waals surface area contributed by atoms with Gasteiger partial charge in [0.05, 0.1) is 0 Å². The van der Waals surface area contributed by atoms with Crippen molar-refractivity contribution in [2.24, 2.45) is 16.7 Å². The molecule has 3 nitrogen and oxygen atoms in total. The van der Waals surface area contributed by atoms with Crippen LogP contribution in [0.15, 0.2) is 0 Å². The average molecular weight is 294 g/mol. The Morgan fingerprint density at radius 1 is 1.10 bits per heavy atom. The first-order valence-electron chi connectivity index (χ1n) is 8.69. The molecule has 0 N–H and O–H groups in total. The third-order valence-electron chi connectivity index (χ3n) is 5.42. The Hall–Kier alpha value is -0.570. The first-order valence-corrected chi connectivity index (χ1v) is 8.69. The van der Waals surface area contributed by atoms with Gasteiger partial charge >= 0.3 is 0 Å². The van der Waals surface area contributed by atoms with Gasteiger partial charge in [0.15, 0.2) is 0 Å². The van der Waals surface area contributed by atoms with E-state index in [1.807, 2.05) is 0 Å². The molecule has 1 amide bonds. The molecular formula is C18H34N2O. The highest BCUT2D eigenvalue weighted by Gasteiger charge is 2.46. The third kappa shape index (κ3) is 3.61. The smallest absolute Gasteiger partial charge is 0.228 e. The van der Waals surface area contributed by atoms with E-state index in [0.29, 0.717) is 23.3 Å². The molecule has 2 aliphatic heterocycles. The number of nitrogens with zero attached hydrogens (tertiary/aromatic N) is 2. The van der Waals surface area contributed by atoms with Crippen LogP contribution in [-0.4, -0.2) is 47.9 Å². The Morgan fingerprint density at radius 2 is 1.62 bits per heavy atom. The van der Waals surface area contributed by atoms with Crippen LogP contribution in [0.3, 0.4) is 0 Å². The minimum Gasteiger partial charge on any atom is -0.342 e. The molecule has 0 saturated carbocycles. The van der Waals surface area contributed by atoms with Gasteiger partial charge in [-0.1, -0.05) is 27.7 Å². The molecule has 0 bridgehead atoms. The molecule has 21 heavy (non-hydrogen) atoms. The van der Waals surface area contributed by atoms with Crippen LogP contribution in [0.1, 0.15) is 60.8 Å². The molecule has 0 aromatic heterocycles. The van der Waals surface area contributed by atoms with E-state index in [1.165, 1.54) is 25.9 Å². The van der Waals surface area contributed by atoms with Crippen molar-refractivity contribution in [3.8, 4) is 0 Å². The van der Waals surface area contributed by atoms with Crippen molar-refractivity contribution < 1.29 is 4.79 Å². The number of likely N-dealkylation sites (tertiary alicyclic amines) is 2. The van der Waals surface area contributed by atoms with Crippen molar-refractivity contribution in [1.82, 2.24) is 9.80 Å². The topological polar surface area (TPSA) is 23.6 Å². The third-order valence-corrected chi connectivity index (χ3v) is 5.42.